The molecule has 0 spiro atoms. The van der Waals surface area contributed by atoms with Crippen molar-refractivity contribution < 1.29 is 4.74 Å². The molecule has 0 saturated carbocycles. The van der Waals surface area contributed by atoms with Crippen LogP contribution in [0.5, 0.6) is 5.88 Å². The van der Waals surface area contributed by atoms with Gasteiger partial charge in [0.25, 0.3) is 0 Å². The second-order valence-electron chi connectivity index (χ2n) is 1.33. The Morgan fingerprint density at radius 2 is 2.44 bits per heavy atom. The molecule has 1 heterocycles. The van der Waals surface area contributed by atoms with Crippen LogP contribution in [-0.4, -0.2) is 17.1 Å². The highest BCUT2D eigenvalue weighted by atomic mass is 35.5. The number of ether oxygens (including phenoxy) is 1. The van der Waals surface area contributed by atoms with Crippen LogP contribution in [0.1, 0.15) is 0 Å². The number of hydrogen-bond acceptors (Lipinski definition) is 3. The van der Waals surface area contributed by atoms with Gasteiger partial charge in [0.2, 0.25) is 12.2 Å². The molecule has 9 heavy (non-hydrogen) atoms. The molecule has 0 unspecified atom stereocenters. The minimum atomic E-state index is 0.335. The third-order valence-electron chi connectivity index (χ3n) is 0.769. The number of halogens is 1. The third-order valence-corrected chi connectivity index (χ3v) is 0.962. The Hall–Kier alpha value is -0.830. The summed E-state index contributed by atoms with van der Waals surface area (Å²) in [6.45, 7) is 0. The fourth-order valence-corrected chi connectivity index (χ4v) is 0.524. The molecule has 0 atom stereocenters. The topological polar surface area (TPSA) is 35.0 Å². The molecular weight excluding hydrogens is 140 g/mol. The third kappa shape index (κ3) is 1.54. The summed E-state index contributed by atoms with van der Waals surface area (Å²) >= 11 is 5.46. The second-order valence-corrected chi connectivity index (χ2v) is 1.72. The standard InChI is InChI=1S/C5H4ClN2O/c1-9-5-2-4(6)7-3-8-5/h2H,1H3. The Balaban J connectivity index is 2.94. The van der Waals surface area contributed by atoms with Crippen molar-refractivity contribution >= 4 is 11.6 Å². The van der Waals surface area contributed by atoms with Crippen molar-refractivity contribution in [1.29, 1.82) is 0 Å². The molecule has 0 fully saturated rings. The zero-order chi connectivity index (χ0) is 6.69. The smallest absolute Gasteiger partial charge is 0.218 e. The number of nitrogens with zero attached hydrogens (tertiary/aromatic N) is 2. The molecule has 47 valence electrons. The lowest BCUT2D eigenvalue weighted by molar-refractivity contribution is 0.396. The molecule has 1 rings (SSSR count). The molecule has 0 aliphatic carbocycles. The van der Waals surface area contributed by atoms with Crippen LogP contribution in [0.4, 0.5) is 0 Å². The van der Waals surface area contributed by atoms with Gasteiger partial charge in [0.15, 0.2) is 0 Å². The van der Waals surface area contributed by atoms with E-state index in [1.54, 1.807) is 0 Å². The number of aromatic nitrogens is 2. The predicted molar refractivity (Wildman–Crippen MR) is 32.4 cm³/mol. The maximum Gasteiger partial charge on any atom is 0.218 e. The van der Waals surface area contributed by atoms with Crippen LogP contribution in [0.2, 0.25) is 5.15 Å². The van der Waals surface area contributed by atoms with Crippen LogP contribution >= 0.6 is 11.6 Å². The summed E-state index contributed by atoms with van der Waals surface area (Å²) < 4.78 is 4.73. The van der Waals surface area contributed by atoms with Gasteiger partial charge in [-0.2, -0.15) is 4.98 Å². The predicted octanol–water partition coefficient (Wildman–Crippen LogP) is 0.939. The molecule has 3 nitrogen and oxygen atoms in total. The van der Waals surface area contributed by atoms with E-state index in [1.807, 2.05) is 0 Å². The van der Waals surface area contributed by atoms with Gasteiger partial charge in [-0.15, -0.1) is 0 Å². The van der Waals surface area contributed by atoms with Gasteiger partial charge >= 0.3 is 0 Å². The average molecular weight is 144 g/mol. The fourth-order valence-electron chi connectivity index (χ4n) is 0.393. The molecule has 0 bridgehead atoms. The number of rotatable bonds is 1. The first-order valence-corrected chi connectivity index (χ1v) is 2.65. The normalized spacial score (nSPS) is 9.11. The van der Waals surface area contributed by atoms with E-state index in [2.05, 4.69) is 16.3 Å². The zero-order valence-electron chi connectivity index (χ0n) is 4.76. The number of methoxy groups -OCH3 is 1. The van der Waals surface area contributed by atoms with Gasteiger partial charge < -0.3 is 4.74 Å². The summed E-state index contributed by atoms with van der Waals surface area (Å²) in [6.07, 6.45) is 2.32. The molecule has 0 aliphatic rings. The molecule has 4 heteroatoms. The monoisotopic (exact) mass is 143 g/mol. The van der Waals surface area contributed by atoms with Gasteiger partial charge in [-0.05, 0) is 0 Å². The van der Waals surface area contributed by atoms with E-state index in [0.29, 0.717) is 11.0 Å². The summed E-state index contributed by atoms with van der Waals surface area (Å²) in [5.74, 6) is 0.426. The zero-order valence-corrected chi connectivity index (χ0v) is 5.51. The van der Waals surface area contributed by atoms with Crippen LogP contribution in [0.25, 0.3) is 0 Å². The Kier molecular flexibility index (Phi) is 1.85. The summed E-state index contributed by atoms with van der Waals surface area (Å²) in [6, 6.07) is 1.51. The lowest BCUT2D eigenvalue weighted by Crippen LogP contribution is -1.87. The van der Waals surface area contributed by atoms with E-state index < -0.39 is 0 Å². The van der Waals surface area contributed by atoms with Gasteiger partial charge in [-0.3, -0.25) is 0 Å². The van der Waals surface area contributed by atoms with Crippen molar-refractivity contribution in [3.63, 3.8) is 0 Å². The minimum absolute atomic E-state index is 0.335. The van der Waals surface area contributed by atoms with Gasteiger partial charge in [0.05, 0.1) is 7.11 Å². The fraction of sp³-hybridized carbons (Fsp3) is 0.200. The highest BCUT2D eigenvalue weighted by molar-refractivity contribution is 6.29. The lowest BCUT2D eigenvalue weighted by Gasteiger charge is -1.93. The molecule has 0 aliphatic heterocycles. The van der Waals surface area contributed by atoms with Crippen molar-refractivity contribution in [2.45, 2.75) is 0 Å². The van der Waals surface area contributed by atoms with Crippen molar-refractivity contribution in [2.24, 2.45) is 0 Å². The van der Waals surface area contributed by atoms with Crippen LogP contribution in [0, 0.1) is 6.33 Å². The van der Waals surface area contributed by atoms with E-state index in [1.165, 1.54) is 13.2 Å². The first-order chi connectivity index (χ1) is 4.33. The molecule has 1 aromatic rings. The van der Waals surface area contributed by atoms with E-state index in [9.17, 15) is 0 Å². The van der Waals surface area contributed by atoms with Crippen LogP contribution in [0.15, 0.2) is 6.07 Å². The minimum Gasteiger partial charge on any atom is -0.481 e. The molecule has 1 aromatic heterocycles. The Morgan fingerprint density at radius 1 is 1.67 bits per heavy atom. The molecular formula is C5H4ClN2O. The molecule has 0 aromatic carbocycles. The van der Waals surface area contributed by atoms with E-state index in [0.717, 1.165) is 0 Å². The summed E-state index contributed by atoms with van der Waals surface area (Å²) in [5.41, 5.74) is 0. The van der Waals surface area contributed by atoms with E-state index >= 15 is 0 Å². The van der Waals surface area contributed by atoms with E-state index in [4.69, 9.17) is 16.3 Å². The Labute approximate surface area is 57.7 Å². The first kappa shape index (κ1) is 6.29. The van der Waals surface area contributed by atoms with Crippen LogP contribution in [0.3, 0.4) is 0 Å². The lowest BCUT2D eigenvalue weighted by atomic mass is 10.6. The summed E-state index contributed by atoms with van der Waals surface area (Å²) in [7, 11) is 1.51. The van der Waals surface area contributed by atoms with Crippen LogP contribution < -0.4 is 4.74 Å². The van der Waals surface area contributed by atoms with Gasteiger partial charge in [-0.25, -0.2) is 4.98 Å². The van der Waals surface area contributed by atoms with Crippen molar-refractivity contribution in [2.75, 3.05) is 7.11 Å². The summed E-state index contributed by atoms with van der Waals surface area (Å²) in [4.78, 5) is 7.15. The van der Waals surface area contributed by atoms with Crippen molar-refractivity contribution in [1.82, 2.24) is 9.97 Å². The largest absolute Gasteiger partial charge is 0.481 e. The highest BCUT2D eigenvalue weighted by Gasteiger charge is 1.92. The quantitative estimate of drug-likeness (QED) is 0.549. The molecule has 0 amide bonds. The summed E-state index contributed by atoms with van der Waals surface area (Å²) in [5, 5.41) is 0.335. The SMILES string of the molecule is COc1cc(Cl)n[c]n1. The van der Waals surface area contributed by atoms with Gasteiger partial charge in [-0.1, -0.05) is 11.6 Å². The highest BCUT2D eigenvalue weighted by Crippen LogP contribution is 2.08. The Morgan fingerprint density at radius 3 is 2.89 bits per heavy atom. The van der Waals surface area contributed by atoms with E-state index in [-0.39, 0.29) is 0 Å². The average Bonchev–Trinajstić information content (AvgIpc) is 1.88. The molecule has 0 saturated heterocycles. The first-order valence-electron chi connectivity index (χ1n) is 2.27. The van der Waals surface area contributed by atoms with Gasteiger partial charge in [0.1, 0.15) is 5.15 Å². The van der Waals surface area contributed by atoms with Crippen molar-refractivity contribution in [3.8, 4) is 5.88 Å². The second kappa shape index (κ2) is 2.64. The van der Waals surface area contributed by atoms with Crippen LogP contribution in [-0.2, 0) is 0 Å². The number of hydrogen-bond donors (Lipinski definition) is 0. The molecule has 0 N–H and O–H groups in total. The van der Waals surface area contributed by atoms with Crippen molar-refractivity contribution in [3.05, 3.63) is 17.5 Å². The van der Waals surface area contributed by atoms with Gasteiger partial charge in [0, 0.05) is 6.07 Å². The maximum absolute atomic E-state index is 5.46. The molecule has 1 radical (unpaired) electrons. The maximum atomic E-state index is 5.46. The Bertz CT molecular complexity index is 204.